The van der Waals surface area contributed by atoms with Gasteiger partial charge in [-0.2, -0.15) is 4.31 Å². The first kappa shape index (κ1) is 16.3. The van der Waals surface area contributed by atoms with Crippen molar-refractivity contribution in [2.75, 3.05) is 20.2 Å². The zero-order chi connectivity index (χ0) is 15.5. The molecule has 0 saturated carbocycles. The van der Waals surface area contributed by atoms with Gasteiger partial charge >= 0.3 is 0 Å². The number of nitrogens with two attached hydrogens (primary N) is 1. The maximum Gasteiger partial charge on any atom is 0.243 e. The van der Waals surface area contributed by atoms with Gasteiger partial charge in [-0.15, -0.1) is 0 Å². The zero-order valence-corrected chi connectivity index (χ0v) is 13.5. The summed E-state index contributed by atoms with van der Waals surface area (Å²) in [5.41, 5.74) is 5.81. The van der Waals surface area contributed by atoms with Crippen molar-refractivity contribution in [3.63, 3.8) is 0 Å². The van der Waals surface area contributed by atoms with E-state index in [1.165, 1.54) is 7.11 Å². The Morgan fingerprint density at radius 3 is 2.81 bits per heavy atom. The van der Waals surface area contributed by atoms with Gasteiger partial charge in [0.25, 0.3) is 0 Å². The zero-order valence-electron chi connectivity index (χ0n) is 12.7. The smallest absolute Gasteiger partial charge is 0.243 e. The molecule has 0 bridgehead atoms. The lowest BCUT2D eigenvalue weighted by molar-refractivity contribution is 0.197. The van der Waals surface area contributed by atoms with Crippen LogP contribution in [0.25, 0.3) is 0 Å². The van der Waals surface area contributed by atoms with Crippen LogP contribution in [0.3, 0.4) is 0 Å². The van der Waals surface area contributed by atoms with Crippen molar-refractivity contribution in [2.45, 2.75) is 37.1 Å². The van der Waals surface area contributed by atoms with Crippen LogP contribution in [0.5, 0.6) is 5.75 Å². The van der Waals surface area contributed by atoms with E-state index in [4.69, 9.17) is 10.5 Å². The molecule has 2 atom stereocenters. The number of benzene rings is 1. The number of rotatable bonds is 5. The van der Waals surface area contributed by atoms with Crippen LogP contribution in [-0.4, -0.2) is 39.0 Å². The average molecular weight is 312 g/mol. The molecule has 0 radical (unpaired) electrons. The fourth-order valence-corrected chi connectivity index (χ4v) is 4.61. The van der Waals surface area contributed by atoms with Crippen molar-refractivity contribution >= 4 is 10.0 Å². The second-order valence-electron chi connectivity index (χ2n) is 5.48. The van der Waals surface area contributed by atoms with Gasteiger partial charge in [0.1, 0.15) is 5.75 Å². The Morgan fingerprint density at radius 1 is 1.43 bits per heavy atom. The van der Waals surface area contributed by atoms with Gasteiger partial charge in [0.2, 0.25) is 10.0 Å². The van der Waals surface area contributed by atoms with Crippen LogP contribution in [0.15, 0.2) is 29.2 Å². The molecule has 0 amide bonds. The Labute approximate surface area is 127 Å². The summed E-state index contributed by atoms with van der Waals surface area (Å²) < 4.78 is 32.3. The summed E-state index contributed by atoms with van der Waals surface area (Å²) >= 11 is 0. The molecule has 2 N–H and O–H groups in total. The van der Waals surface area contributed by atoms with Crippen LogP contribution in [-0.2, 0) is 10.0 Å². The van der Waals surface area contributed by atoms with Gasteiger partial charge in [-0.1, -0.05) is 19.4 Å². The maximum atomic E-state index is 12.8. The minimum Gasteiger partial charge on any atom is -0.497 e. The van der Waals surface area contributed by atoms with Crippen molar-refractivity contribution < 1.29 is 13.2 Å². The highest BCUT2D eigenvalue weighted by atomic mass is 32.2. The average Bonchev–Trinajstić information content (AvgIpc) is 2.54. The molecule has 118 valence electrons. The standard InChI is InChI=1S/C15H24N2O3S/c1-3-12-7-8-17(13(9-12)11-16)21(18,19)15-6-4-5-14(10-15)20-2/h4-6,10,12-13H,3,7-9,11,16H2,1-2H3. The number of sulfonamides is 1. The predicted octanol–water partition coefficient (Wildman–Crippen LogP) is 1.83. The largest absolute Gasteiger partial charge is 0.497 e. The molecule has 0 aliphatic carbocycles. The third kappa shape index (κ3) is 3.39. The van der Waals surface area contributed by atoms with Gasteiger partial charge in [-0.25, -0.2) is 8.42 Å². The van der Waals surface area contributed by atoms with Gasteiger partial charge in [0.15, 0.2) is 0 Å². The van der Waals surface area contributed by atoms with Crippen LogP contribution >= 0.6 is 0 Å². The van der Waals surface area contributed by atoms with Crippen molar-refractivity contribution in [3.8, 4) is 5.75 Å². The number of methoxy groups -OCH3 is 1. The molecule has 1 saturated heterocycles. The SMILES string of the molecule is CCC1CCN(S(=O)(=O)c2cccc(OC)c2)C(CN)C1. The molecule has 1 aromatic carbocycles. The Balaban J connectivity index is 2.29. The van der Waals surface area contributed by atoms with E-state index >= 15 is 0 Å². The Morgan fingerprint density at radius 2 is 2.19 bits per heavy atom. The molecule has 5 nitrogen and oxygen atoms in total. The lowest BCUT2D eigenvalue weighted by Crippen LogP contribution is -2.49. The molecule has 1 heterocycles. The summed E-state index contributed by atoms with van der Waals surface area (Å²) in [6.45, 7) is 3.05. The molecular formula is C15H24N2O3S. The summed E-state index contributed by atoms with van der Waals surface area (Å²) in [6, 6.07) is 6.50. The summed E-state index contributed by atoms with van der Waals surface area (Å²) in [7, 11) is -1.99. The Hall–Kier alpha value is -1.11. The van der Waals surface area contributed by atoms with E-state index in [-0.39, 0.29) is 10.9 Å². The number of hydrogen-bond acceptors (Lipinski definition) is 4. The van der Waals surface area contributed by atoms with E-state index < -0.39 is 10.0 Å². The number of piperidine rings is 1. The van der Waals surface area contributed by atoms with Crippen LogP contribution in [0, 0.1) is 5.92 Å². The van der Waals surface area contributed by atoms with Crippen molar-refractivity contribution in [1.29, 1.82) is 0 Å². The molecule has 21 heavy (non-hydrogen) atoms. The van der Waals surface area contributed by atoms with Gasteiger partial charge in [0.05, 0.1) is 12.0 Å². The third-order valence-electron chi connectivity index (χ3n) is 4.27. The van der Waals surface area contributed by atoms with E-state index in [2.05, 4.69) is 6.92 Å². The Kier molecular flexibility index (Phi) is 5.24. The minimum atomic E-state index is -3.51. The number of ether oxygens (including phenoxy) is 1. The van der Waals surface area contributed by atoms with Gasteiger partial charge in [0, 0.05) is 25.2 Å². The van der Waals surface area contributed by atoms with Gasteiger partial charge in [-0.3, -0.25) is 0 Å². The summed E-state index contributed by atoms with van der Waals surface area (Å²) in [5, 5.41) is 0. The summed E-state index contributed by atoms with van der Waals surface area (Å²) in [4.78, 5) is 0.273. The van der Waals surface area contributed by atoms with Crippen molar-refractivity contribution in [2.24, 2.45) is 11.7 Å². The molecule has 2 rings (SSSR count). The molecule has 6 heteroatoms. The Bertz CT molecular complexity index is 574. The van der Waals surface area contributed by atoms with Crippen molar-refractivity contribution in [1.82, 2.24) is 4.31 Å². The molecule has 1 aromatic rings. The van der Waals surface area contributed by atoms with Crippen molar-refractivity contribution in [3.05, 3.63) is 24.3 Å². The van der Waals surface area contributed by atoms with E-state index in [9.17, 15) is 8.42 Å². The normalized spacial score (nSPS) is 24.0. The first-order valence-corrected chi connectivity index (χ1v) is 8.82. The number of nitrogens with zero attached hydrogens (tertiary/aromatic N) is 1. The van der Waals surface area contributed by atoms with Crippen LogP contribution in [0.4, 0.5) is 0 Å². The second-order valence-corrected chi connectivity index (χ2v) is 7.37. The monoisotopic (exact) mass is 312 g/mol. The fourth-order valence-electron chi connectivity index (χ4n) is 2.91. The molecule has 0 spiro atoms. The lowest BCUT2D eigenvalue weighted by Gasteiger charge is -2.37. The van der Waals surface area contributed by atoms with Gasteiger partial charge < -0.3 is 10.5 Å². The highest BCUT2D eigenvalue weighted by Gasteiger charge is 2.35. The first-order chi connectivity index (χ1) is 10.0. The fraction of sp³-hybridized carbons (Fsp3) is 0.600. The highest BCUT2D eigenvalue weighted by Crippen LogP contribution is 2.30. The quantitative estimate of drug-likeness (QED) is 0.900. The molecular weight excluding hydrogens is 288 g/mol. The lowest BCUT2D eigenvalue weighted by atomic mass is 9.90. The van der Waals surface area contributed by atoms with Crippen LogP contribution in [0.1, 0.15) is 26.2 Å². The van der Waals surface area contributed by atoms with Gasteiger partial charge in [-0.05, 0) is 30.9 Å². The second kappa shape index (κ2) is 6.77. The molecule has 2 unspecified atom stereocenters. The molecule has 1 aliphatic heterocycles. The molecule has 0 aromatic heterocycles. The van der Waals surface area contributed by atoms with E-state index in [1.54, 1.807) is 28.6 Å². The predicted molar refractivity (Wildman–Crippen MR) is 82.7 cm³/mol. The van der Waals surface area contributed by atoms with Crippen LogP contribution < -0.4 is 10.5 Å². The number of hydrogen-bond donors (Lipinski definition) is 1. The minimum absolute atomic E-state index is 0.111. The third-order valence-corrected chi connectivity index (χ3v) is 6.22. The highest BCUT2D eigenvalue weighted by molar-refractivity contribution is 7.89. The maximum absolute atomic E-state index is 12.8. The summed E-state index contributed by atoms with van der Waals surface area (Å²) in [6.07, 6.45) is 2.82. The molecule has 1 fully saturated rings. The van der Waals surface area contributed by atoms with E-state index in [1.807, 2.05) is 0 Å². The molecule has 1 aliphatic rings. The van der Waals surface area contributed by atoms with E-state index in [0.717, 1.165) is 19.3 Å². The summed E-state index contributed by atoms with van der Waals surface area (Å²) in [5.74, 6) is 1.11. The topological polar surface area (TPSA) is 72.6 Å². The van der Waals surface area contributed by atoms with E-state index in [0.29, 0.717) is 24.8 Å². The van der Waals surface area contributed by atoms with Crippen LogP contribution in [0.2, 0.25) is 0 Å². The first-order valence-electron chi connectivity index (χ1n) is 7.38.